The van der Waals surface area contributed by atoms with E-state index in [1.165, 1.54) is 6.33 Å². The van der Waals surface area contributed by atoms with Gasteiger partial charge in [-0.25, -0.2) is 9.97 Å². The monoisotopic (exact) mass is 329 g/mol. The third-order valence-electron chi connectivity index (χ3n) is 4.58. The lowest BCUT2D eigenvalue weighted by atomic mass is 10.1. The van der Waals surface area contributed by atoms with Crippen LogP contribution in [0.3, 0.4) is 0 Å². The highest BCUT2D eigenvalue weighted by atomic mass is 16.5. The Kier molecular flexibility index (Phi) is 4.89. The van der Waals surface area contributed by atoms with Crippen molar-refractivity contribution < 1.29 is 9.32 Å². The first kappa shape index (κ1) is 16.6. The van der Waals surface area contributed by atoms with Crippen molar-refractivity contribution in [1.29, 1.82) is 0 Å². The van der Waals surface area contributed by atoms with Gasteiger partial charge < -0.3 is 9.42 Å². The number of carbonyl (C=O) groups excluding carboxylic acids is 1. The van der Waals surface area contributed by atoms with Gasteiger partial charge in [-0.15, -0.1) is 0 Å². The lowest BCUT2D eigenvalue weighted by molar-refractivity contribution is 0.0625. The molecule has 1 fully saturated rings. The van der Waals surface area contributed by atoms with Crippen molar-refractivity contribution in [2.45, 2.75) is 33.7 Å². The first-order valence-corrected chi connectivity index (χ1v) is 8.32. The van der Waals surface area contributed by atoms with Gasteiger partial charge in [-0.05, 0) is 20.3 Å². The topological polar surface area (TPSA) is 75.4 Å². The van der Waals surface area contributed by atoms with Gasteiger partial charge in [0.05, 0.1) is 17.0 Å². The van der Waals surface area contributed by atoms with Crippen molar-refractivity contribution in [3.8, 4) is 0 Å². The van der Waals surface area contributed by atoms with Gasteiger partial charge in [0, 0.05) is 44.5 Å². The number of aryl methyl sites for hydroxylation is 3. The number of piperazine rings is 1. The number of hydrogen-bond donors (Lipinski definition) is 0. The number of nitrogens with zero attached hydrogens (tertiary/aromatic N) is 5. The summed E-state index contributed by atoms with van der Waals surface area (Å²) < 4.78 is 5.22. The zero-order valence-electron chi connectivity index (χ0n) is 14.4. The molecule has 1 saturated heterocycles. The fraction of sp³-hybridized carbons (Fsp3) is 0.529. The minimum Gasteiger partial charge on any atom is -0.361 e. The summed E-state index contributed by atoms with van der Waals surface area (Å²) in [7, 11) is 0. The zero-order chi connectivity index (χ0) is 17.1. The van der Waals surface area contributed by atoms with Crippen LogP contribution in [-0.4, -0.2) is 57.0 Å². The minimum absolute atomic E-state index is 0.0319. The van der Waals surface area contributed by atoms with E-state index in [2.05, 4.69) is 20.0 Å². The van der Waals surface area contributed by atoms with Crippen molar-refractivity contribution in [3.05, 3.63) is 40.8 Å². The Morgan fingerprint density at radius 1 is 1.25 bits per heavy atom. The smallest absolute Gasteiger partial charge is 0.257 e. The van der Waals surface area contributed by atoms with Crippen molar-refractivity contribution in [1.82, 2.24) is 24.9 Å². The van der Waals surface area contributed by atoms with Crippen LogP contribution in [0, 0.1) is 13.8 Å². The first-order chi connectivity index (χ1) is 11.6. The summed E-state index contributed by atoms with van der Waals surface area (Å²) in [4.78, 5) is 25.2. The quantitative estimate of drug-likeness (QED) is 0.848. The van der Waals surface area contributed by atoms with E-state index in [1.807, 2.05) is 25.7 Å². The summed E-state index contributed by atoms with van der Waals surface area (Å²) >= 11 is 0. The molecule has 0 N–H and O–H groups in total. The summed E-state index contributed by atoms with van der Waals surface area (Å²) in [5.41, 5.74) is 3.53. The predicted octanol–water partition coefficient (Wildman–Crippen LogP) is 1.60. The Hall–Kier alpha value is -2.28. The van der Waals surface area contributed by atoms with E-state index in [4.69, 9.17) is 4.52 Å². The molecule has 2 aromatic rings. The lowest BCUT2D eigenvalue weighted by Gasteiger charge is -2.34. The molecule has 0 spiro atoms. The average Bonchev–Trinajstić information content (AvgIpc) is 2.93. The summed E-state index contributed by atoms with van der Waals surface area (Å²) in [5, 5.41) is 4.00. The van der Waals surface area contributed by atoms with Crippen molar-refractivity contribution in [2.24, 2.45) is 0 Å². The Morgan fingerprint density at radius 2 is 2.00 bits per heavy atom. The van der Waals surface area contributed by atoms with E-state index in [1.54, 1.807) is 6.20 Å². The van der Waals surface area contributed by atoms with Crippen LogP contribution in [0.25, 0.3) is 0 Å². The molecule has 7 nitrogen and oxygen atoms in total. The van der Waals surface area contributed by atoms with Crippen LogP contribution in [-0.2, 0) is 13.0 Å². The molecular weight excluding hydrogens is 306 g/mol. The highest BCUT2D eigenvalue weighted by molar-refractivity contribution is 5.95. The van der Waals surface area contributed by atoms with Crippen LogP contribution < -0.4 is 0 Å². The first-order valence-electron chi connectivity index (χ1n) is 8.32. The molecule has 2 aromatic heterocycles. The molecule has 0 aromatic carbocycles. The molecule has 0 saturated carbocycles. The third kappa shape index (κ3) is 3.31. The minimum atomic E-state index is 0.0319. The van der Waals surface area contributed by atoms with E-state index in [9.17, 15) is 4.79 Å². The van der Waals surface area contributed by atoms with Gasteiger partial charge in [0.15, 0.2) is 0 Å². The molecule has 0 unspecified atom stereocenters. The van der Waals surface area contributed by atoms with Gasteiger partial charge >= 0.3 is 0 Å². The summed E-state index contributed by atoms with van der Waals surface area (Å²) in [6, 6.07) is 0. The molecule has 128 valence electrons. The molecule has 24 heavy (non-hydrogen) atoms. The van der Waals surface area contributed by atoms with Crippen molar-refractivity contribution in [3.63, 3.8) is 0 Å². The summed E-state index contributed by atoms with van der Waals surface area (Å²) in [6.07, 6.45) is 3.86. The standard InChI is InChI=1S/C17H23N5O2/c1-4-16-14(9-18-11-19-16)17(23)22-7-5-21(6-8-22)10-15-12(2)20-24-13(15)3/h9,11H,4-8,10H2,1-3H3. The van der Waals surface area contributed by atoms with Crippen molar-refractivity contribution in [2.75, 3.05) is 26.2 Å². The van der Waals surface area contributed by atoms with Gasteiger partial charge in [0.25, 0.3) is 5.91 Å². The normalized spacial score (nSPS) is 15.7. The number of rotatable bonds is 4. The Morgan fingerprint density at radius 3 is 2.62 bits per heavy atom. The van der Waals surface area contributed by atoms with E-state index in [0.717, 1.165) is 48.8 Å². The number of hydrogen-bond acceptors (Lipinski definition) is 6. The van der Waals surface area contributed by atoms with Gasteiger partial charge in [-0.2, -0.15) is 0 Å². The summed E-state index contributed by atoms with van der Waals surface area (Å²) in [6.45, 7) is 9.82. The highest BCUT2D eigenvalue weighted by Crippen LogP contribution is 2.17. The molecule has 3 rings (SSSR count). The van der Waals surface area contributed by atoms with E-state index >= 15 is 0 Å². The predicted molar refractivity (Wildman–Crippen MR) is 88.6 cm³/mol. The molecule has 0 aliphatic carbocycles. The molecule has 3 heterocycles. The third-order valence-corrected chi connectivity index (χ3v) is 4.58. The van der Waals surface area contributed by atoms with E-state index < -0.39 is 0 Å². The number of amides is 1. The molecule has 0 atom stereocenters. The Balaban J connectivity index is 1.62. The van der Waals surface area contributed by atoms with Gasteiger partial charge in [0.1, 0.15) is 12.1 Å². The maximum atomic E-state index is 12.7. The van der Waals surface area contributed by atoms with Crippen LogP contribution in [0.2, 0.25) is 0 Å². The van der Waals surface area contributed by atoms with Crippen LogP contribution in [0.4, 0.5) is 0 Å². The van der Waals surface area contributed by atoms with E-state index in [0.29, 0.717) is 18.7 Å². The lowest BCUT2D eigenvalue weighted by Crippen LogP contribution is -2.48. The molecule has 0 radical (unpaired) electrons. The zero-order valence-corrected chi connectivity index (χ0v) is 14.4. The molecule has 0 bridgehead atoms. The number of carbonyl (C=O) groups is 1. The van der Waals surface area contributed by atoms with Crippen LogP contribution >= 0.6 is 0 Å². The second kappa shape index (κ2) is 7.09. The fourth-order valence-electron chi connectivity index (χ4n) is 3.05. The maximum Gasteiger partial charge on any atom is 0.257 e. The Labute approximate surface area is 141 Å². The maximum absolute atomic E-state index is 12.7. The van der Waals surface area contributed by atoms with Crippen LogP contribution in [0.1, 0.15) is 40.0 Å². The van der Waals surface area contributed by atoms with Crippen LogP contribution in [0.15, 0.2) is 17.0 Å². The van der Waals surface area contributed by atoms with Gasteiger partial charge in [-0.1, -0.05) is 12.1 Å². The fourth-order valence-corrected chi connectivity index (χ4v) is 3.05. The summed E-state index contributed by atoms with van der Waals surface area (Å²) in [5.74, 6) is 0.907. The average molecular weight is 329 g/mol. The van der Waals surface area contributed by atoms with Crippen LogP contribution in [0.5, 0.6) is 0 Å². The van der Waals surface area contributed by atoms with Gasteiger partial charge in [0.2, 0.25) is 0 Å². The largest absolute Gasteiger partial charge is 0.361 e. The van der Waals surface area contributed by atoms with E-state index in [-0.39, 0.29) is 5.91 Å². The molecule has 1 aliphatic heterocycles. The highest BCUT2D eigenvalue weighted by Gasteiger charge is 2.25. The SMILES string of the molecule is CCc1ncncc1C(=O)N1CCN(Cc2c(C)noc2C)CC1. The molecular formula is C17H23N5O2. The molecule has 7 heteroatoms. The second-order valence-corrected chi connectivity index (χ2v) is 6.11. The Bertz CT molecular complexity index is 700. The van der Waals surface area contributed by atoms with Crippen molar-refractivity contribution >= 4 is 5.91 Å². The molecule has 1 aliphatic rings. The van der Waals surface area contributed by atoms with Gasteiger partial charge in [-0.3, -0.25) is 9.69 Å². The number of aromatic nitrogens is 3. The molecule has 1 amide bonds. The second-order valence-electron chi connectivity index (χ2n) is 6.11.